The molecule has 0 saturated heterocycles. The molecule has 1 aromatic heterocycles. The van der Waals surface area contributed by atoms with Gasteiger partial charge in [-0.1, -0.05) is 60.3 Å². The summed E-state index contributed by atoms with van der Waals surface area (Å²) in [6, 6.07) is 16.9. The highest BCUT2D eigenvalue weighted by Gasteiger charge is 2.20. The zero-order valence-corrected chi connectivity index (χ0v) is 18.8. The average Bonchev–Trinajstić information content (AvgIpc) is 3.20. The van der Waals surface area contributed by atoms with E-state index in [9.17, 15) is 9.59 Å². The smallest absolute Gasteiger partial charge is 0.252 e. The molecule has 31 heavy (non-hydrogen) atoms. The molecule has 0 aliphatic heterocycles. The van der Waals surface area contributed by atoms with Crippen molar-refractivity contribution in [1.29, 1.82) is 0 Å². The highest BCUT2D eigenvalue weighted by atomic mass is 32.2. The Morgan fingerprint density at radius 1 is 1.06 bits per heavy atom. The minimum absolute atomic E-state index is 0.0676. The van der Waals surface area contributed by atoms with Crippen LogP contribution in [0, 0.1) is 6.92 Å². The molecule has 3 aromatic rings. The molecule has 1 heterocycles. The van der Waals surface area contributed by atoms with Crippen LogP contribution in [0.3, 0.4) is 0 Å². The van der Waals surface area contributed by atoms with Crippen LogP contribution in [0.4, 0.5) is 0 Å². The van der Waals surface area contributed by atoms with E-state index in [0.29, 0.717) is 29.6 Å². The number of hydrogen-bond acceptors (Lipinski definition) is 5. The molecule has 2 amide bonds. The number of hydrogen-bond donors (Lipinski definition) is 2. The van der Waals surface area contributed by atoms with Gasteiger partial charge in [0.2, 0.25) is 5.91 Å². The van der Waals surface area contributed by atoms with Gasteiger partial charge < -0.3 is 15.2 Å². The summed E-state index contributed by atoms with van der Waals surface area (Å²) in [5.41, 5.74) is 2.61. The molecule has 0 fully saturated rings. The van der Waals surface area contributed by atoms with Crippen LogP contribution in [0.2, 0.25) is 0 Å². The number of benzene rings is 2. The molecule has 0 aliphatic rings. The molecule has 7 nitrogen and oxygen atoms in total. The molecule has 0 bridgehead atoms. The first-order chi connectivity index (χ1) is 15.0. The van der Waals surface area contributed by atoms with E-state index in [1.807, 2.05) is 73.9 Å². The van der Waals surface area contributed by atoms with Gasteiger partial charge in [0.15, 0.2) is 11.0 Å². The van der Waals surface area contributed by atoms with Crippen molar-refractivity contribution in [3.8, 4) is 0 Å². The first-order valence-corrected chi connectivity index (χ1v) is 11.2. The van der Waals surface area contributed by atoms with Gasteiger partial charge in [0.1, 0.15) is 0 Å². The van der Waals surface area contributed by atoms with Crippen LogP contribution < -0.4 is 10.6 Å². The number of carbonyl (C=O) groups excluding carboxylic acids is 2. The SMILES string of the molecule is CCn1c(SCC(=O)NCc2ccccc2)nnc1[C@@H](C)NC(=O)c1ccccc1C. The van der Waals surface area contributed by atoms with Crippen molar-refractivity contribution >= 4 is 23.6 Å². The number of nitrogens with zero attached hydrogens (tertiary/aromatic N) is 3. The molecular weight excluding hydrogens is 410 g/mol. The Kier molecular flexibility index (Phi) is 7.83. The monoisotopic (exact) mass is 437 g/mol. The molecule has 0 radical (unpaired) electrons. The summed E-state index contributed by atoms with van der Waals surface area (Å²) in [6.07, 6.45) is 0. The number of aromatic nitrogens is 3. The Labute approximate surface area is 186 Å². The van der Waals surface area contributed by atoms with Crippen molar-refractivity contribution in [2.45, 2.75) is 45.1 Å². The van der Waals surface area contributed by atoms with Crippen LogP contribution in [-0.4, -0.2) is 32.3 Å². The molecule has 0 aliphatic carbocycles. The summed E-state index contributed by atoms with van der Waals surface area (Å²) in [5, 5.41) is 15.1. The van der Waals surface area contributed by atoms with Gasteiger partial charge in [0.25, 0.3) is 5.91 Å². The molecular formula is C23H27N5O2S. The van der Waals surface area contributed by atoms with E-state index in [1.165, 1.54) is 11.8 Å². The van der Waals surface area contributed by atoms with E-state index in [0.717, 1.165) is 11.1 Å². The van der Waals surface area contributed by atoms with Gasteiger partial charge in [-0.2, -0.15) is 0 Å². The molecule has 2 N–H and O–H groups in total. The summed E-state index contributed by atoms with van der Waals surface area (Å²) in [5.74, 6) is 0.693. The van der Waals surface area contributed by atoms with Crippen molar-refractivity contribution in [3.05, 3.63) is 77.1 Å². The number of nitrogens with one attached hydrogen (secondary N) is 2. The zero-order valence-electron chi connectivity index (χ0n) is 18.0. The lowest BCUT2D eigenvalue weighted by atomic mass is 10.1. The lowest BCUT2D eigenvalue weighted by molar-refractivity contribution is -0.118. The van der Waals surface area contributed by atoms with Crippen molar-refractivity contribution in [2.75, 3.05) is 5.75 Å². The molecule has 0 unspecified atom stereocenters. The van der Waals surface area contributed by atoms with E-state index in [-0.39, 0.29) is 23.6 Å². The third kappa shape index (κ3) is 5.95. The maximum Gasteiger partial charge on any atom is 0.252 e. The fourth-order valence-electron chi connectivity index (χ4n) is 3.17. The van der Waals surface area contributed by atoms with Crippen LogP contribution in [-0.2, 0) is 17.9 Å². The molecule has 2 aromatic carbocycles. The van der Waals surface area contributed by atoms with Gasteiger partial charge in [-0.25, -0.2) is 0 Å². The lowest BCUT2D eigenvalue weighted by Gasteiger charge is -2.16. The minimum Gasteiger partial charge on any atom is -0.351 e. The Balaban J connectivity index is 1.58. The standard InChI is InChI=1S/C23H27N5O2S/c1-4-28-21(17(3)25-22(30)19-13-9-8-10-16(19)2)26-27-23(28)31-15-20(29)24-14-18-11-6-5-7-12-18/h5-13,17H,4,14-15H2,1-3H3,(H,24,29)(H,25,30)/t17-/m1/s1. The first kappa shape index (κ1) is 22.6. The number of amides is 2. The van der Waals surface area contributed by atoms with Crippen LogP contribution in [0.15, 0.2) is 59.8 Å². The highest BCUT2D eigenvalue weighted by molar-refractivity contribution is 7.99. The van der Waals surface area contributed by atoms with Gasteiger partial charge in [-0.05, 0) is 38.0 Å². The third-order valence-corrected chi connectivity index (χ3v) is 5.82. The number of carbonyl (C=O) groups is 2. The van der Waals surface area contributed by atoms with Crippen molar-refractivity contribution in [2.24, 2.45) is 0 Å². The molecule has 0 spiro atoms. The fraction of sp³-hybridized carbons (Fsp3) is 0.304. The molecule has 162 valence electrons. The highest BCUT2D eigenvalue weighted by Crippen LogP contribution is 2.21. The Morgan fingerprint density at radius 3 is 2.48 bits per heavy atom. The Morgan fingerprint density at radius 2 is 1.77 bits per heavy atom. The zero-order chi connectivity index (χ0) is 22.2. The van der Waals surface area contributed by atoms with Crippen LogP contribution in [0.5, 0.6) is 0 Å². The summed E-state index contributed by atoms with van der Waals surface area (Å²) in [6.45, 7) is 6.91. The second-order valence-electron chi connectivity index (χ2n) is 7.15. The van der Waals surface area contributed by atoms with Crippen molar-refractivity contribution in [1.82, 2.24) is 25.4 Å². The molecule has 8 heteroatoms. The van der Waals surface area contributed by atoms with E-state index >= 15 is 0 Å². The second kappa shape index (κ2) is 10.8. The summed E-state index contributed by atoms with van der Waals surface area (Å²) in [4.78, 5) is 24.9. The summed E-state index contributed by atoms with van der Waals surface area (Å²) >= 11 is 1.34. The maximum absolute atomic E-state index is 12.6. The van der Waals surface area contributed by atoms with Gasteiger partial charge >= 0.3 is 0 Å². The first-order valence-electron chi connectivity index (χ1n) is 10.2. The topological polar surface area (TPSA) is 88.9 Å². The predicted octanol–water partition coefficient (Wildman–Crippen LogP) is 3.51. The van der Waals surface area contributed by atoms with Crippen LogP contribution in [0.1, 0.15) is 47.2 Å². The molecule has 0 saturated carbocycles. The van der Waals surface area contributed by atoms with Gasteiger partial charge in [0.05, 0.1) is 11.8 Å². The fourth-order valence-corrected chi connectivity index (χ4v) is 4.01. The van der Waals surface area contributed by atoms with Crippen LogP contribution in [0.25, 0.3) is 0 Å². The predicted molar refractivity (Wildman–Crippen MR) is 122 cm³/mol. The quantitative estimate of drug-likeness (QED) is 0.500. The van der Waals surface area contributed by atoms with Gasteiger partial charge in [0, 0.05) is 18.7 Å². The average molecular weight is 438 g/mol. The summed E-state index contributed by atoms with van der Waals surface area (Å²) in [7, 11) is 0. The van der Waals surface area contributed by atoms with E-state index in [4.69, 9.17) is 0 Å². The van der Waals surface area contributed by atoms with E-state index < -0.39 is 0 Å². The van der Waals surface area contributed by atoms with Crippen LogP contribution >= 0.6 is 11.8 Å². The summed E-state index contributed by atoms with van der Waals surface area (Å²) < 4.78 is 1.93. The molecule has 3 rings (SSSR count). The normalized spacial score (nSPS) is 11.7. The minimum atomic E-state index is -0.319. The number of thioether (sulfide) groups is 1. The Hall–Kier alpha value is -3.13. The van der Waals surface area contributed by atoms with E-state index in [1.54, 1.807) is 6.07 Å². The van der Waals surface area contributed by atoms with Gasteiger partial charge in [-0.15, -0.1) is 10.2 Å². The van der Waals surface area contributed by atoms with Gasteiger partial charge in [-0.3, -0.25) is 9.59 Å². The third-order valence-electron chi connectivity index (χ3n) is 4.85. The second-order valence-corrected chi connectivity index (χ2v) is 8.09. The van der Waals surface area contributed by atoms with Crippen molar-refractivity contribution < 1.29 is 9.59 Å². The number of rotatable bonds is 9. The Bertz CT molecular complexity index is 1040. The molecule has 1 atom stereocenters. The number of aryl methyl sites for hydroxylation is 1. The maximum atomic E-state index is 12.6. The lowest BCUT2D eigenvalue weighted by Crippen LogP contribution is -2.29. The van der Waals surface area contributed by atoms with Crippen molar-refractivity contribution in [3.63, 3.8) is 0 Å². The largest absolute Gasteiger partial charge is 0.351 e. The van der Waals surface area contributed by atoms with E-state index in [2.05, 4.69) is 20.8 Å².